The van der Waals surface area contributed by atoms with E-state index in [0.717, 1.165) is 81.1 Å². The summed E-state index contributed by atoms with van der Waals surface area (Å²) >= 11 is 0. The van der Waals surface area contributed by atoms with Crippen LogP contribution < -0.4 is 0 Å². The lowest BCUT2D eigenvalue weighted by Gasteiger charge is -2.23. The maximum Gasteiger partial charge on any atom is 0.297 e. The van der Waals surface area contributed by atoms with Crippen molar-refractivity contribution in [2.75, 3.05) is 26.3 Å². The van der Waals surface area contributed by atoms with Gasteiger partial charge in [-0.05, 0) is 53.8 Å². The molecule has 7 heteroatoms. The van der Waals surface area contributed by atoms with Gasteiger partial charge in [0.15, 0.2) is 0 Å². The third kappa shape index (κ3) is 11.1. The smallest absolute Gasteiger partial charge is 0.297 e. The lowest BCUT2D eigenvalue weighted by molar-refractivity contribution is 0.0749. The summed E-state index contributed by atoms with van der Waals surface area (Å²) in [5, 5.41) is 0. The Morgan fingerprint density at radius 1 is 0.683 bits per heavy atom. The first kappa shape index (κ1) is 32.5. The Labute approximate surface area is 246 Å². The Morgan fingerprint density at radius 3 is 1.85 bits per heavy atom. The summed E-state index contributed by atoms with van der Waals surface area (Å²) in [6, 6.07) is 24.3. The molecular formula is C34H45NO5S. The molecule has 0 unspecified atom stereocenters. The number of unbranched alkanes of at least 4 members (excludes halogenated alkanes) is 6. The minimum Gasteiger partial charge on any atom is -0.374 e. The molecule has 41 heavy (non-hydrogen) atoms. The molecular weight excluding hydrogens is 534 g/mol. The Balaban J connectivity index is 1.46. The largest absolute Gasteiger partial charge is 0.374 e. The van der Waals surface area contributed by atoms with E-state index in [1.54, 1.807) is 12.1 Å². The number of ether oxygens (including phenoxy) is 1. The van der Waals surface area contributed by atoms with Gasteiger partial charge in [-0.25, -0.2) is 0 Å². The van der Waals surface area contributed by atoms with E-state index >= 15 is 0 Å². The summed E-state index contributed by atoms with van der Waals surface area (Å²) in [5.74, 6) is -0.0481. The van der Waals surface area contributed by atoms with Gasteiger partial charge in [0.2, 0.25) is 0 Å². The first-order chi connectivity index (χ1) is 19.9. The number of benzene rings is 3. The molecule has 0 atom stereocenters. The van der Waals surface area contributed by atoms with E-state index in [9.17, 15) is 13.2 Å². The molecule has 0 saturated carbocycles. The number of carbonyl (C=O) groups excluding carboxylic acids is 1. The molecule has 6 nitrogen and oxygen atoms in total. The van der Waals surface area contributed by atoms with Crippen molar-refractivity contribution in [3.63, 3.8) is 0 Å². The Kier molecular flexibility index (Phi) is 14.1. The molecule has 0 aliphatic carbocycles. The minimum absolute atomic E-state index is 0.0305. The maximum absolute atomic E-state index is 13.2. The molecule has 0 heterocycles. The van der Waals surface area contributed by atoms with E-state index in [0.29, 0.717) is 12.2 Å². The van der Waals surface area contributed by atoms with Crippen LogP contribution in [0.1, 0.15) is 81.1 Å². The van der Waals surface area contributed by atoms with Crippen molar-refractivity contribution in [1.29, 1.82) is 0 Å². The van der Waals surface area contributed by atoms with E-state index in [1.165, 1.54) is 12.1 Å². The third-order valence-corrected chi connectivity index (χ3v) is 8.36. The van der Waals surface area contributed by atoms with Crippen LogP contribution in [0.3, 0.4) is 0 Å². The van der Waals surface area contributed by atoms with Crippen molar-refractivity contribution in [2.24, 2.45) is 0 Å². The average molecular weight is 580 g/mol. The van der Waals surface area contributed by atoms with Gasteiger partial charge in [0.1, 0.15) is 0 Å². The maximum atomic E-state index is 13.2. The normalized spacial score (nSPS) is 11.5. The second-order valence-electron chi connectivity index (χ2n) is 10.3. The van der Waals surface area contributed by atoms with Crippen LogP contribution in [0.4, 0.5) is 0 Å². The fraction of sp³-hybridized carbons (Fsp3) is 0.441. The van der Waals surface area contributed by atoms with Crippen LogP contribution in [0.15, 0.2) is 83.8 Å². The Hall–Kier alpha value is -3.00. The molecule has 222 valence electrons. The molecule has 0 aromatic heterocycles. The highest BCUT2D eigenvalue weighted by atomic mass is 32.2. The molecule has 0 radical (unpaired) electrons. The van der Waals surface area contributed by atoms with Crippen LogP contribution >= 0.6 is 0 Å². The van der Waals surface area contributed by atoms with E-state index in [-0.39, 0.29) is 24.0 Å². The zero-order valence-electron chi connectivity index (χ0n) is 24.6. The standard InChI is InChI=1S/C34H45NO5S/c1-3-5-7-12-24-35(25-13-8-6-4-2)34(36)32-20-22-33(23-21-32)41(37,38)40-27-26-39-28-29-16-18-31(19-17-29)30-14-10-9-11-15-30/h9-11,14-23H,3-8,12-13,24-28H2,1-2H3. The topological polar surface area (TPSA) is 72.9 Å². The Morgan fingerprint density at radius 2 is 1.27 bits per heavy atom. The van der Waals surface area contributed by atoms with E-state index in [2.05, 4.69) is 26.0 Å². The predicted molar refractivity (Wildman–Crippen MR) is 165 cm³/mol. The second kappa shape index (κ2) is 17.7. The van der Waals surface area contributed by atoms with Gasteiger partial charge in [-0.15, -0.1) is 0 Å². The van der Waals surface area contributed by atoms with Crippen molar-refractivity contribution < 1.29 is 22.1 Å². The number of nitrogens with zero attached hydrogens (tertiary/aromatic N) is 1. The molecule has 0 saturated heterocycles. The quantitative estimate of drug-likeness (QED) is 0.107. The Bertz CT molecular complexity index is 1250. The van der Waals surface area contributed by atoms with Crippen LogP contribution in [0.5, 0.6) is 0 Å². The zero-order valence-corrected chi connectivity index (χ0v) is 25.4. The highest BCUT2D eigenvalue weighted by Crippen LogP contribution is 2.20. The van der Waals surface area contributed by atoms with Gasteiger partial charge in [0, 0.05) is 18.7 Å². The number of hydrogen-bond acceptors (Lipinski definition) is 5. The van der Waals surface area contributed by atoms with Crippen LogP contribution in [-0.4, -0.2) is 45.5 Å². The second-order valence-corrected chi connectivity index (χ2v) is 11.9. The highest BCUT2D eigenvalue weighted by molar-refractivity contribution is 7.86. The van der Waals surface area contributed by atoms with Gasteiger partial charge < -0.3 is 9.64 Å². The first-order valence-electron chi connectivity index (χ1n) is 15.0. The van der Waals surface area contributed by atoms with Crippen molar-refractivity contribution in [1.82, 2.24) is 4.90 Å². The van der Waals surface area contributed by atoms with Crippen LogP contribution in [0.25, 0.3) is 11.1 Å². The van der Waals surface area contributed by atoms with E-state index < -0.39 is 10.1 Å². The SMILES string of the molecule is CCCCCCN(CCCCCC)C(=O)c1ccc(S(=O)(=O)OCCOCc2ccc(-c3ccccc3)cc2)cc1. The van der Waals surface area contributed by atoms with Gasteiger partial charge in [0.05, 0.1) is 24.7 Å². The van der Waals surface area contributed by atoms with Gasteiger partial charge in [0.25, 0.3) is 16.0 Å². The molecule has 3 aromatic carbocycles. The fourth-order valence-electron chi connectivity index (χ4n) is 4.61. The van der Waals surface area contributed by atoms with E-state index in [1.807, 2.05) is 47.4 Å². The molecule has 0 N–H and O–H groups in total. The van der Waals surface area contributed by atoms with E-state index in [4.69, 9.17) is 8.92 Å². The molecule has 0 bridgehead atoms. The summed E-state index contributed by atoms with van der Waals surface area (Å²) in [7, 11) is -3.95. The van der Waals surface area contributed by atoms with Gasteiger partial charge in [-0.1, -0.05) is 107 Å². The van der Waals surface area contributed by atoms with Crippen molar-refractivity contribution in [3.05, 3.63) is 90.0 Å². The molecule has 0 aliphatic rings. The lowest BCUT2D eigenvalue weighted by atomic mass is 10.0. The van der Waals surface area contributed by atoms with Gasteiger partial charge in [-0.2, -0.15) is 8.42 Å². The number of rotatable bonds is 19. The lowest BCUT2D eigenvalue weighted by Crippen LogP contribution is -2.33. The summed E-state index contributed by atoms with van der Waals surface area (Å²) in [6.07, 6.45) is 8.80. The van der Waals surface area contributed by atoms with Crippen molar-refractivity contribution >= 4 is 16.0 Å². The molecule has 1 amide bonds. The summed E-state index contributed by atoms with van der Waals surface area (Å²) < 4.78 is 36.2. The van der Waals surface area contributed by atoms with Gasteiger partial charge >= 0.3 is 0 Å². The van der Waals surface area contributed by atoms with Crippen LogP contribution in [0, 0.1) is 0 Å². The molecule has 3 aromatic rings. The van der Waals surface area contributed by atoms with Crippen molar-refractivity contribution in [3.8, 4) is 11.1 Å². The highest BCUT2D eigenvalue weighted by Gasteiger charge is 2.19. The molecule has 0 fully saturated rings. The number of carbonyl (C=O) groups is 1. The summed E-state index contributed by atoms with van der Waals surface area (Å²) in [5.41, 5.74) is 3.77. The molecule has 3 rings (SSSR count). The third-order valence-electron chi connectivity index (χ3n) is 7.04. The van der Waals surface area contributed by atoms with Crippen LogP contribution in [-0.2, 0) is 25.6 Å². The monoisotopic (exact) mass is 579 g/mol. The summed E-state index contributed by atoms with van der Waals surface area (Å²) in [6.45, 7) is 6.22. The fourth-order valence-corrected chi connectivity index (χ4v) is 5.50. The molecule has 0 aliphatic heterocycles. The number of amides is 1. The number of hydrogen-bond donors (Lipinski definition) is 0. The zero-order chi connectivity index (χ0) is 29.3. The minimum atomic E-state index is -3.95. The van der Waals surface area contributed by atoms with Crippen LogP contribution in [0.2, 0.25) is 0 Å². The molecule has 0 spiro atoms. The average Bonchev–Trinajstić information content (AvgIpc) is 3.00. The van der Waals surface area contributed by atoms with Gasteiger partial charge in [-0.3, -0.25) is 8.98 Å². The first-order valence-corrected chi connectivity index (χ1v) is 16.4. The predicted octanol–water partition coefficient (Wildman–Crippen LogP) is 7.88. The summed E-state index contributed by atoms with van der Waals surface area (Å²) in [4.78, 5) is 15.2. The van der Waals surface area contributed by atoms with Crippen molar-refractivity contribution in [2.45, 2.75) is 76.7 Å².